The summed E-state index contributed by atoms with van der Waals surface area (Å²) in [4.78, 5) is 17.5. The number of carbonyl (C=O) groups is 1. The lowest BCUT2D eigenvalue weighted by atomic mass is 10.2. The van der Waals surface area contributed by atoms with E-state index in [1.54, 1.807) is 30.3 Å². The lowest BCUT2D eigenvalue weighted by Crippen LogP contribution is -2.38. The topological polar surface area (TPSA) is 55.6 Å². The van der Waals surface area contributed by atoms with E-state index in [2.05, 4.69) is 4.98 Å². The molecule has 0 aliphatic carbocycles. The minimum atomic E-state index is -4.54. The van der Waals surface area contributed by atoms with Gasteiger partial charge in [-0.1, -0.05) is 12.1 Å². The van der Waals surface area contributed by atoms with Gasteiger partial charge in [-0.05, 0) is 24.3 Å². The van der Waals surface area contributed by atoms with Crippen LogP contribution >= 0.6 is 11.3 Å². The SMILES string of the molecule is COc1ccccc1-c1nc(C(=O)N(Cc2ccco2)CC(F)(F)F)cs1. The lowest BCUT2D eigenvalue weighted by molar-refractivity contribution is -0.142. The van der Waals surface area contributed by atoms with Gasteiger partial charge in [-0.3, -0.25) is 4.79 Å². The number of para-hydroxylation sites is 1. The largest absolute Gasteiger partial charge is 0.496 e. The number of alkyl halides is 3. The maximum Gasteiger partial charge on any atom is 0.406 e. The molecule has 142 valence electrons. The molecule has 2 aromatic heterocycles. The summed E-state index contributed by atoms with van der Waals surface area (Å²) in [7, 11) is 1.51. The number of aromatic nitrogens is 1. The Hall–Kier alpha value is -2.81. The van der Waals surface area contributed by atoms with Crippen molar-refractivity contribution in [2.75, 3.05) is 13.7 Å². The summed E-state index contributed by atoms with van der Waals surface area (Å²) >= 11 is 1.16. The molecular weight excluding hydrogens is 381 g/mol. The van der Waals surface area contributed by atoms with Crippen LogP contribution in [0.2, 0.25) is 0 Å². The summed E-state index contributed by atoms with van der Waals surface area (Å²) in [6.07, 6.45) is -3.20. The number of thiazole rings is 1. The Morgan fingerprint density at radius 2 is 2.04 bits per heavy atom. The number of nitrogens with zero attached hydrogens (tertiary/aromatic N) is 2. The highest BCUT2D eigenvalue weighted by molar-refractivity contribution is 7.13. The second kappa shape index (κ2) is 7.83. The minimum absolute atomic E-state index is 0.0586. The van der Waals surface area contributed by atoms with Gasteiger partial charge >= 0.3 is 6.18 Å². The summed E-state index contributed by atoms with van der Waals surface area (Å²) in [5.41, 5.74) is 0.606. The maximum absolute atomic E-state index is 12.9. The van der Waals surface area contributed by atoms with Crippen molar-refractivity contribution in [3.63, 3.8) is 0 Å². The molecular formula is C18H15F3N2O3S. The summed E-state index contributed by atoms with van der Waals surface area (Å²) in [5, 5.41) is 1.93. The molecule has 0 aliphatic heterocycles. The average Bonchev–Trinajstić information content (AvgIpc) is 3.31. The molecule has 1 aromatic carbocycles. The molecule has 1 amide bonds. The van der Waals surface area contributed by atoms with Crippen LogP contribution < -0.4 is 4.74 Å². The third-order valence-corrected chi connectivity index (χ3v) is 4.52. The van der Waals surface area contributed by atoms with Gasteiger partial charge < -0.3 is 14.1 Å². The Kier molecular flexibility index (Phi) is 5.50. The zero-order valence-corrected chi connectivity index (χ0v) is 15.0. The van der Waals surface area contributed by atoms with Crippen molar-refractivity contribution < 1.29 is 27.1 Å². The van der Waals surface area contributed by atoms with Crippen LogP contribution in [-0.4, -0.2) is 35.6 Å². The number of ether oxygens (including phenoxy) is 1. The number of hydrogen-bond donors (Lipinski definition) is 0. The number of halogens is 3. The molecule has 0 saturated heterocycles. The molecule has 0 saturated carbocycles. The molecule has 3 aromatic rings. The van der Waals surface area contributed by atoms with Gasteiger partial charge in [-0.2, -0.15) is 13.2 Å². The first-order valence-electron chi connectivity index (χ1n) is 7.84. The van der Waals surface area contributed by atoms with Gasteiger partial charge in [-0.15, -0.1) is 11.3 Å². The predicted molar refractivity (Wildman–Crippen MR) is 93.6 cm³/mol. The highest BCUT2D eigenvalue weighted by atomic mass is 32.1. The highest BCUT2D eigenvalue weighted by Crippen LogP contribution is 2.32. The van der Waals surface area contributed by atoms with Crippen LogP contribution in [-0.2, 0) is 6.54 Å². The third kappa shape index (κ3) is 4.68. The molecule has 0 radical (unpaired) electrons. The van der Waals surface area contributed by atoms with Crippen LogP contribution in [0.3, 0.4) is 0 Å². The van der Waals surface area contributed by atoms with E-state index in [1.165, 1.54) is 24.8 Å². The smallest absolute Gasteiger partial charge is 0.406 e. The Bertz CT molecular complexity index is 907. The van der Waals surface area contributed by atoms with Gasteiger partial charge in [0, 0.05) is 5.38 Å². The normalized spacial score (nSPS) is 11.4. The van der Waals surface area contributed by atoms with Gasteiger partial charge in [0.2, 0.25) is 0 Å². The first-order chi connectivity index (χ1) is 12.9. The fourth-order valence-corrected chi connectivity index (χ4v) is 3.31. The van der Waals surface area contributed by atoms with Crippen molar-refractivity contribution in [1.29, 1.82) is 0 Å². The first-order valence-corrected chi connectivity index (χ1v) is 8.72. The summed E-state index contributed by atoms with van der Waals surface area (Å²) < 4.78 is 49.1. The molecule has 0 fully saturated rings. The Morgan fingerprint density at radius 3 is 2.70 bits per heavy atom. The number of furan rings is 1. The van der Waals surface area contributed by atoms with Crippen molar-refractivity contribution >= 4 is 17.2 Å². The van der Waals surface area contributed by atoms with E-state index in [4.69, 9.17) is 9.15 Å². The Labute approximate surface area is 157 Å². The van der Waals surface area contributed by atoms with E-state index < -0.39 is 18.6 Å². The molecule has 0 aliphatic rings. The number of rotatable bonds is 6. The zero-order chi connectivity index (χ0) is 19.4. The second-order valence-corrected chi connectivity index (χ2v) is 6.45. The fourth-order valence-electron chi connectivity index (χ4n) is 2.49. The van der Waals surface area contributed by atoms with Crippen molar-refractivity contribution in [2.45, 2.75) is 12.7 Å². The molecule has 0 spiro atoms. The minimum Gasteiger partial charge on any atom is -0.496 e. The van der Waals surface area contributed by atoms with Gasteiger partial charge in [-0.25, -0.2) is 4.98 Å². The quantitative estimate of drug-likeness (QED) is 0.610. The maximum atomic E-state index is 12.9. The first kappa shape index (κ1) is 19.0. The van der Waals surface area contributed by atoms with Gasteiger partial charge in [0.25, 0.3) is 5.91 Å². The number of methoxy groups -OCH3 is 1. The van der Waals surface area contributed by atoms with Gasteiger partial charge in [0.1, 0.15) is 28.8 Å². The van der Waals surface area contributed by atoms with Crippen LogP contribution in [0.15, 0.2) is 52.5 Å². The van der Waals surface area contributed by atoms with Crippen LogP contribution in [0.1, 0.15) is 16.2 Å². The third-order valence-electron chi connectivity index (χ3n) is 3.64. The monoisotopic (exact) mass is 396 g/mol. The average molecular weight is 396 g/mol. The van der Waals surface area contributed by atoms with Crippen LogP contribution in [0.25, 0.3) is 10.6 Å². The summed E-state index contributed by atoms with van der Waals surface area (Å²) in [5.74, 6) is 0.00230. The Balaban J connectivity index is 1.87. The number of amides is 1. The number of hydrogen-bond acceptors (Lipinski definition) is 5. The molecule has 0 unspecified atom stereocenters. The van der Waals surface area contributed by atoms with Crippen molar-refractivity contribution in [3.05, 3.63) is 59.5 Å². The molecule has 2 heterocycles. The van der Waals surface area contributed by atoms with Crippen LogP contribution in [0.4, 0.5) is 13.2 Å². The Morgan fingerprint density at radius 1 is 1.26 bits per heavy atom. The summed E-state index contributed by atoms with van der Waals surface area (Å²) in [6.45, 7) is -1.69. The molecule has 0 bridgehead atoms. The highest BCUT2D eigenvalue weighted by Gasteiger charge is 2.34. The van der Waals surface area contributed by atoms with E-state index in [-0.39, 0.29) is 18.0 Å². The van der Waals surface area contributed by atoms with E-state index in [0.29, 0.717) is 21.2 Å². The van der Waals surface area contributed by atoms with Crippen molar-refractivity contribution in [1.82, 2.24) is 9.88 Å². The second-order valence-electron chi connectivity index (χ2n) is 5.59. The molecule has 0 N–H and O–H groups in total. The van der Waals surface area contributed by atoms with Crippen molar-refractivity contribution in [2.24, 2.45) is 0 Å². The van der Waals surface area contributed by atoms with Crippen molar-refractivity contribution in [3.8, 4) is 16.3 Å². The molecule has 27 heavy (non-hydrogen) atoms. The summed E-state index contributed by atoms with van der Waals surface area (Å²) in [6, 6.07) is 10.1. The lowest BCUT2D eigenvalue weighted by Gasteiger charge is -2.22. The fraction of sp³-hybridized carbons (Fsp3) is 0.222. The zero-order valence-electron chi connectivity index (χ0n) is 14.2. The van der Waals surface area contributed by atoms with Gasteiger partial charge in [0.15, 0.2) is 0 Å². The molecule has 0 atom stereocenters. The van der Waals surface area contributed by atoms with E-state index in [1.807, 2.05) is 0 Å². The van der Waals surface area contributed by atoms with Gasteiger partial charge in [0.05, 0.1) is 25.5 Å². The van der Waals surface area contributed by atoms with E-state index in [9.17, 15) is 18.0 Å². The van der Waals surface area contributed by atoms with Crippen LogP contribution in [0, 0.1) is 0 Å². The molecule has 3 rings (SSSR count). The number of benzene rings is 1. The van der Waals surface area contributed by atoms with Crippen LogP contribution in [0.5, 0.6) is 5.75 Å². The van der Waals surface area contributed by atoms with E-state index in [0.717, 1.165) is 11.3 Å². The molecule has 5 nitrogen and oxygen atoms in total. The van der Waals surface area contributed by atoms with E-state index >= 15 is 0 Å². The standard InChI is InChI=1S/C18H15F3N2O3S/c1-25-15-7-3-2-6-13(15)16-22-14(10-27-16)17(24)23(11-18(19,20)21)9-12-5-4-8-26-12/h2-8,10H,9,11H2,1H3. The number of carbonyl (C=O) groups excluding carboxylic acids is 1. The molecule has 9 heteroatoms. The predicted octanol–water partition coefficient (Wildman–Crippen LogP) is 4.62.